The van der Waals surface area contributed by atoms with Gasteiger partial charge in [-0.25, -0.2) is 0 Å². The highest BCUT2D eigenvalue weighted by Gasteiger charge is 2.47. The topological polar surface area (TPSA) is 46.2 Å². The minimum absolute atomic E-state index is 0.0996. The van der Waals surface area contributed by atoms with Crippen molar-refractivity contribution < 1.29 is 9.59 Å². The van der Waals surface area contributed by atoms with E-state index >= 15 is 0 Å². The first-order valence-corrected chi connectivity index (χ1v) is 6.78. The molecule has 3 heteroatoms. The second kappa shape index (κ2) is 3.21. The van der Waals surface area contributed by atoms with Crippen LogP contribution in [-0.2, 0) is 9.59 Å². The first-order chi connectivity index (χ1) is 8.20. The zero-order valence-electron chi connectivity index (χ0n) is 9.87. The quantitative estimate of drug-likeness (QED) is 0.510. The number of rotatable bonds is 0. The van der Waals surface area contributed by atoms with Crippen molar-refractivity contribution in [2.24, 2.45) is 23.7 Å². The van der Waals surface area contributed by atoms with E-state index in [1.54, 1.807) is 0 Å². The molecule has 90 valence electrons. The summed E-state index contributed by atoms with van der Waals surface area (Å²) in [5.41, 5.74) is 2.21. The van der Waals surface area contributed by atoms with Gasteiger partial charge in [-0.3, -0.25) is 14.9 Å². The predicted octanol–water partition coefficient (Wildman–Crippen LogP) is 1.79. The Kier molecular flexibility index (Phi) is 1.86. The summed E-state index contributed by atoms with van der Waals surface area (Å²) in [6.45, 7) is 0. The molecule has 0 spiro atoms. The molecular weight excluding hydrogens is 214 g/mol. The standard InChI is InChI=1S/C14H17NO2/c16-12-6-11(14(17)15-12)13-9-2-7-1-8(4-9)5-10(13)3-7/h7-10H,1-6H2,(H,15,16,17). The molecule has 5 aliphatic rings. The van der Waals surface area contributed by atoms with Gasteiger partial charge in [0.1, 0.15) is 0 Å². The number of hydrogen-bond donors (Lipinski definition) is 1. The Labute approximate surface area is 101 Å². The van der Waals surface area contributed by atoms with Gasteiger partial charge in [0.2, 0.25) is 5.91 Å². The number of nitrogens with one attached hydrogen (secondary N) is 1. The molecule has 0 aromatic rings. The molecule has 0 radical (unpaired) electrons. The second-order valence-electron chi connectivity index (χ2n) is 6.29. The van der Waals surface area contributed by atoms with Crippen molar-refractivity contribution in [3.63, 3.8) is 0 Å². The van der Waals surface area contributed by atoms with Gasteiger partial charge in [-0.05, 0) is 55.8 Å². The average Bonchev–Trinajstić information content (AvgIpc) is 2.56. The summed E-state index contributed by atoms with van der Waals surface area (Å²) >= 11 is 0. The van der Waals surface area contributed by atoms with E-state index in [9.17, 15) is 9.59 Å². The van der Waals surface area contributed by atoms with E-state index < -0.39 is 0 Å². The molecule has 3 nitrogen and oxygen atoms in total. The van der Waals surface area contributed by atoms with Gasteiger partial charge in [-0.2, -0.15) is 0 Å². The summed E-state index contributed by atoms with van der Waals surface area (Å²) in [4.78, 5) is 23.2. The Morgan fingerprint density at radius 1 is 0.882 bits per heavy atom. The normalized spacial score (nSPS) is 43.5. The molecule has 1 aliphatic heterocycles. The Morgan fingerprint density at radius 2 is 1.47 bits per heavy atom. The molecule has 0 aromatic carbocycles. The molecule has 4 saturated carbocycles. The SMILES string of the molecule is O=C1CC(=C2C3CC4CC(C3)CC2C4)C(=O)N1. The lowest BCUT2D eigenvalue weighted by Gasteiger charge is -2.51. The van der Waals surface area contributed by atoms with E-state index in [4.69, 9.17) is 0 Å². The van der Waals surface area contributed by atoms with Crippen LogP contribution in [0.1, 0.15) is 38.5 Å². The molecule has 0 atom stereocenters. The van der Waals surface area contributed by atoms with Gasteiger partial charge in [0.25, 0.3) is 5.91 Å². The average molecular weight is 231 g/mol. The maximum atomic E-state index is 11.8. The fourth-order valence-electron chi connectivity index (χ4n) is 4.90. The maximum absolute atomic E-state index is 11.8. The Balaban J connectivity index is 1.77. The molecule has 0 unspecified atom stereocenters. The van der Waals surface area contributed by atoms with Crippen molar-refractivity contribution >= 4 is 11.8 Å². The van der Waals surface area contributed by atoms with Crippen LogP contribution < -0.4 is 5.32 Å². The van der Waals surface area contributed by atoms with Crippen LogP contribution >= 0.6 is 0 Å². The first-order valence-electron chi connectivity index (χ1n) is 6.78. The van der Waals surface area contributed by atoms with Crippen molar-refractivity contribution in [3.05, 3.63) is 11.1 Å². The van der Waals surface area contributed by atoms with E-state index in [2.05, 4.69) is 5.32 Å². The van der Waals surface area contributed by atoms with Crippen molar-refractivity contribution in [1.29, 1.82) is 0 Å². The number of hydrogen-bond acceptors (Lipinski definition) is 2. The van der Waals surface area contributed by atoms with Crippen molar-refractivity contribution in [2.75, 3.05) is 0 Å². The lowest BCUT2D eigenvalue weighted by atomic mass is 9.53. The smallest absolute Gasteiger partial charge is 0.254 e. The molecule has 1 heterocycles. The Morgan fingerprint density at radius 3 is 1.94 bits per heavy atom. The van der Waals surface area contributed by atoms with Crippen LogP contribution in [0.4, 0.5) is 0 Å². The molecule has 4 aliphatic carbocycles. The number of imide groups is 1. The van der Waals surface area contributed by atoms with Crippen molar-refractivity contribution in [3.8, 4) is 0 Å². The molecule has 1 N–H and O–H groups in total. The van der Waals surface area contributed by atoms with E-state index in [0.717, 1.165) is 17.4 Å². The van der Waals surface area contributed by atoms with Crippen LogP contribution in [0.25, 0.3) is 0 Å². The van der Waals surface area contributed by atoms with Gasteiger partial charge in [-0.15, -0.1) is 0 Å². The third-order valence-electron chi connectivity index (χ3n) is 5.23. The molecule has 0 aromatic heterocycles. The van der Waals surface area contributed by atoms with Gasteiger partial charge in [0.05, 0.1) is 6.42 Å². The lowest BCUT2D eigenvalue weighted by Crippen LogP contribution is -2.41. The van der Waals surface area contributed by atoms with Crippen LogP contribution in [0.15, 0.2) is 11.1 Å². The summed E-state index contributed by atoms with van der Waals surface area (Å²) in [6, 6.07) is 0. The molecule has 5 fully saturated rings. The van der Waals surface area contributed by atoms with Gasteiger partial charge >= 0.3 is 0 Å². The van der Waals surface area contributed by atoms with Crippen LogP contribution in [0.3, 0.4) is 0 Å². The number of carbonyl (C=O) groups is 2. The molecule has 2 amide bonds. The minimum atomic E-state index is -0.105. The molecule has 17 heavy (non-hydrogen) atoms. The number of amides is 2. The Bertz CT molecular complexity index is 419. The van der Waals surface area contributed by atoms with E-state index in [1.165, 1.54) is 37.7 Å². The highest BCUT2D eigenvalue weighted by atomic mass is 16.2. The van der Waals surface area contributed by atoms with Crippen LogP contribution in [0, 0.1) is 23.7 Å². The summed E-state index contributed by atoms with van der Waals surface area (Å²) in [6.07, 6.45) is 6.85. The monoisotopic (exact) mass is 231 g/mol. The first kappa shape index (κ1) is 9.86. The number of allylic oxidation sites excluding steroid dienone is 1. The summed E-state index contributed by atoms with van der Waals surface area (Å²) in [5.74, 6) is 2.85. The zero-order chi connectivity index (χ0) is 11.6. The highest BCUT2D eigenvalue weighted by Crippen LogP contribution is 2.57. The van der Waals surface area contributed by atoms with E-state index in [1.807, 2.05) is 0 Å². The molecular formula is C14H17NO2. The van der Waals surface area contributed by atoms with Gasteiger partial charge in [0, 0.05) is 5.57 Å². The third-order valence-corrected chi connectivity index (χ3v) is 5.23. The van der Waals surface area contributed by atoms with Crippen molar-refractivity contribution in [1.82, 2.24) is 5.32 Å². The third kappa shape index (κ3) is 1.34. The summed E-state index contributed by atoms with van der Waals surface area (Å²) < 4.78 is 0. The lowest BCUT2D eigenvalue weighted by molar-refractivity contribution is -0.124. The second-order valence-corrected chi connectivity index (χ2v) is 6.29. The molecule has 4 bridgehead atoms. The fraction of sp³-hybridized carbons (Fsp3) is 0.714. The van der Waals surface area contributed by atoms with Gasteiger partial charge in [0.15, 0.2) is 0 Å². The van der Waals surface area contributed by atoms with Crippen LogP contribution in [-0.4, -0.2) is 11.8 Å². The summed E-state index contributed by atoms with van der Waals surface area (Å²) in [5, 5.41) is 2.44. The summed E-state index contributed by atoms with van der Waals surface area (Å²) in [7, 11) is 0. The molecule has 1 saturated heterocycles. The van der Waals surface area contributed by atoms with Gasteiger partial charge < -0.3 is 0 Å². The predicted molar refractivity (Wildman–Crippen MR) is 61.8 cm³/mol. The van der Waals surface area contributed by atoms with E-state index in [-0.39, 0.29) is 11.8 Å². The Hall–Kier alpha value is -1.12. The van der Waals surface area contributed by atoms with E-state index in [0.29, 0.717) is 18.3 Å². The van der Waals surface area contributed by atoms with Crippen LogP contribution in [0.2, 0.25) is 0 Å². The maximum Gasteiger partial charge on any atom is 0.254 e. The minimum Gasteiger partial charge on any atom is -0.292 e. The fourth-order valence-corrected chi connectivity index (χ4v) is 4.90. The van der Waals surface area contributed by atoms with Crippen molar-refractivity contribution in [2.45, 2.75) is 38.5 Å². The van der Waals surface area contributed by atoms with Gasteiger partial charge in [-0.1, -0.05) is 5.57 Å². The molecule has 5 rings (SSSR count). The largest absolute Gasteiger partial charge is 0.292 e. The zero-order valence-corrected chi connectivity index (χ0v) is 9.87. The number of carbonyl (C=O) groups excluding carboxylic acids is 2. The van der Waals surface area contributed by atoms with Crippen LogP contribution in [0.5, 0.6) is 0 Å². The highest BCUT2D eigenvalue weighted by molar-refractivity contribution is 6.13.